The Bertz CT molecular complexity index is 1350. The van der Waals surface area contributed by atoms with Crippen LogP contribution in [0, 0.1) is 18.2 Å². The van der Waals surface area contributed by atoms with Crippen LogP contribution in [0.3, 0.4) is 0 Å². The predicted molar refractivity (Wildman–Crippen MR) is 119 cm³/mol. The van der Waals surface area contributed by atoms with Gasteiger partial charge in [0.05, 0.1) is 10.5 Å². The quantitative estimate of drug-likeness (QED) is 0.618. The fourth-order valence-electron chi connectivity index (χ4n) is 4.56. The number of carbonyl (C=O) groups excluding carboxylic acids is 2. The number of rotatable bonds is 4. The summed E-state index contributed by atoms with van der Waals surface area (Å²) in [7, 11) is -4.91. The van der Waals surface area contributed by atoms with Crippen molar-refractivity contribution in [3.05, 3.63) is 71.2 Å². The molecule has 0 aromatic heterocycles. The van der Waals surface area contributed by atoms with Crippen molar-refractivity contribution in [1.82, 2.24) is 4.72 Å². The maximum Gasteiger partial charge on any atom is 0.421 e. The van der Waals surface area contributed by atoms with Crippen molar-refractivity contribution in [2.75, 3.05) is 4.90 Å². The van der Waals surface area contributed by atoms with Crippen LogP contribution >= 0.6 is 0 Å². The lowest BCUT2D eigenvalue weighted by Gasteiger charge is -2.35. The molecule has 35 heavy (non-hydrogen) atoms. The van der Waals surface area contributed by atoms with Gasteiger partial charge in [0.2, 0.25) is 15.6 Å². The Kier molecular flexibility index (Phi) is 5.72. The molecule has 2 aromatic carbocycles. The molecule has 0 bridgehead atoms. The third-order valence-electron chi connectivity index (χ3n) is 6.15. The van der Waals surface area contributed by atoms with Crippen LogP contribution in [0.25, 0.3) is 0 Å². The van der Waals surface area contributed by atoms with Gasteiger partial charge in [0.25, 0.3) is 5.91 Å². The van der Waals surface area contributed by atoms with Crippen LogP contribution in [-0.4, -0.2) is 31.8 Å². The van der Waals surface area contributed by atoms with Crippen molar-refractivity contribution >= 4 is 27.4 Å². The Morgan fingerprint density at radius 2 is 1.51 bits per heavy atom. The van der Waals surface area contributed by atoms with Crippen molar-refractivity contribution in [3.63, 3.8) is 0 Å². The van der Waals surface area contributed by atoms with Crippen molar-refractivity contribution < 1.29 is 35.6 Å². The fourth-order valence-corrected chi connectivity index (χ4v) is 5.88. The number of carbonyl (C=O) groups is 2. The molecule has 1 heterocycles. The Hall–Kier alpha value is -3.05. The molecular formula is C24H22F4N2O4S. The molecule has 2 aliphatic rings. The van der Waals surface area contributed by atoms with Crippen LogP contribution in [-0.2, 0) is 19.6 Å². The van der Waals surface area contributed by atoms with E-state index in [9.17, 15) is 35.6 Å². The van der Waals surface area contributed by atoms with Gasteiger partial charge in [-0.25, -0.2) is 12.8 Å². The average molecular weight is 511 g/mol. The van der Waals surface area contributed by atoms with E-state index in [1.54, 1.807) is 25.5 Å². The first-order valence-electron chi connectivity index (χ1n) is 10.6. The second-order valence-electron chi connectivity index (χ2n) is 9.55. The van der Waals surface area contributed by atoms with E-state index < -0.39 is 55.1 Å². The van der Waals surface area contributed by atoms with Crippen LogP contribution in [0.5, 0.6) is 0 Å². The lowest BCUT2D eigenvalue weighted by atomic mass is 9.72. The monoisotopic (exact) mass is 510 g/mol. The summed E-state index contributed by atoms with van der Waals surface area (Å²) >= 11 is 0. The van der Waals surface area contributed by atoms with Gasteiger partial charge >= 0.3 is 6.18 Å². The van der Waals surface area contributed by atoms with Crippen LogP contribution in [0.1, 0.15) is 32.3 Å². The summed E-state index contributed by atoms with van der Waals surface area (Å²) in [5, 5.41) is 0. The molecule has 0 saturated heterocycles. The second-order valence-corrected chi connectivity index (χ2v) is 11.2. The highest BCUT2D eigenvalue weighted by Crippen LogP contribution is 2.53. The molecule has 1 atom stereocenters. The lowest BCUT2D eigenvalue weighted by molar-refractivity contribution is -0.184. The molecule has 1 N–H and O–H groups in total. The van der Waals surface area contributed by atoms with Gasteiger partial charge in [0.1, 0.15) is 5.82 Å². The number of sulfonamides is 1. The van der Waals surface area contributed by atoms with Gasteiger partial charge in [-0.2, -0.15) is 17.9 Å². The minimum atomic E-state index is -5.51. The van der Waals surface area contributed by atoms with E-state index in [2.05, 4.69) is 0 Å². The topological polar surface area (TPSA) is 83.6 Å². The summed E-state index contributed by atoms with van der Waals surface area (Å²) in [6, 6.07) is 9.14. The molecule has 0 unspecified atom stereocenters. The number of aryl methyl sites for hydroxylation is 1. The first-order chi connectivity index (χ1) is 16.1. The summed E-state index contributed by atoms with van der Waals surface area (Å²) in [6.07, 6.45) is -5.93. The van der Waals surface area contributed by atoms with Gasteiger partial charge in [-0.15, -0.1) is 0 Å². The van der Waals surface area contributed by atoms with Crippen molar-refractivity contribution in [1.29, 1.82) is 0 Å². The number of ketones is 1. The standard InChI is InChI=1S/C24H22F4N2O4S/c1-14-4-10-17(11-5-14)35(33,34)29-23(24(26,27)28)20-18(12-22(2,3)13-19(20)31)30(21(23)32)16-8-6-15(25)7-9-16/h4-11,29H,12-13H2,1-3H3/t23-/m1/s1. The zero-order valence-corrected chi connectivity index (χ0v) is 19.8. The number of nitrogens with one attached hydrogen (secondary N) is 1. The summed E-state index contributed by atoms with van der Waals surface area (Å²) < 4.78 is 85.9. The Morgan fingerprint density at radius 1 is 0.943 bits per heavy atom. The maximum atomic E-state index is 14.8. The summed E-state index contributed by atoms with van der Waals surface area (Å²) in [5.74, 6) is -3.36. The molecule has 1 amide bonds. The molecule has 0 spiro atoms. The number of Topliss-reactive ketones (excluding diaryl/α,β-unsaturated/α-hetero) is 1. The largest absolute Gasteiger partial charge is 0.421 e. The molecule has 2 aromatic rings. The highest BCUT2D eigenvalue weighted by atomic mass is 32.2. The van der Waals surface area contributed by atoms with Crippen molar-refractivity contribution in [2.45, 2.75) is 50.2 Å². The minimum absolute atomic E-state index is 0.110. The number of nitrogens with zero attached hydrogens (tertiary/aromatic N) is 1. The van der Waals surface area contributed by atoms with Gasteiger partial charge in [-0.3, -0.25) is 14.5 Å². The SMILES string of the molecule is Cc1ccc(S(=O)(=O)N[C@@]2(C(F)(F)F)C(=O)N(c3ccc(F)cc3)C3=C2C(=O)CC(C)(C)C3)cc1. The molecule has 1 aliphatic heterocycles. The smallest absolute Gasteiger partial charge is 0.294 e. The molecule has 1 aliphatic carbocycles. The Labute approximate surface area is 199 Å². The van der Waals surface area contributed by atoms with E-state index in [1.807, 2.05) is 0 Å². The van der Waals surface area contributed by atoms with Gasteiger partial charge in [0.15, 0.2) is 5.78 Å². The van der Waals surface area contributed by atoms with Gasteiger partial charge in [0, 0.05) is 17.8 Å². The third kappa shape index (κ3) is 4.06. The van der Waals surface area contributed by atoms with E-state index >= 15 is 0 Å². The van der Waals surface area contributed by atoms with Crippen LogP contribution in [0.2, 0.25) is 0 Å². The molecule has 0 radical (unpaired) electrons. The number of halogens is 4. The number of amides is 1. The van der Waals surface area contributed by atoms with Crippen LogP contribution < -0.4 is 9.62 Å². The normalized spacial score (nSPS) is 22.5. The zero-order valence-electron chi connectivity index (χ0n) is 19.0. The average Bonchev–Trinajstić information content (AvgIpc) is 2.96. The number of alkyl halides is 3. The predicted octanol–water partition coefficient (Wildman–Crippen LogP) is 4.40. The van der Waals surface area contributed by atoms with E-state index in [0.29, 0.717) is 10.5 Å². The van der Waals surface area contributed by atoms with Gasteiger partial charge in [-0.05, 0) is 55.2 Å². The highest BCUT2D eigenvalue weighted by Gasteiger charge is 2.72. The molecule has 186 valence electrons. The number of hydrogen-bond donors (Lipinski definition) is 1. The Morgan fingerprint density at radius 3 is 2.06 bits per heavy atom. The van der Waals surface area contributed by atoms with E-state index in [-0.39, 0.29) is 24.2 Å². The van der Waals surface area contributed by atoms with Gasteiger partial charge < -0.3 is 0 Å². The molecule has 0 fully saturated rings. The molecular weight excluding hydrogens is 488 g/mol. The molecule has 11 heteroatoms. The summed E-state index contributed by atoms with van der Waals surface area (Å²) in [5.41, 5.74) is -5.29. The van der Waals surface area contributed by atoms with E-state index in [4.69, 9.17) is 0 Å². The summed E-state index contributed by atoms with van der Waals surface area (Å²) in [6.45, 7) is 4.99. The van der Waals surface area contributed by atoms with Crippen molar-refractivity contribution in [3.8, 4) is 0 Å². The third-order valence-corrected chi connectivity index (χ3v) is 7.62. The maximum absolute atomic E-state index is 14.8. The highest BCUT2D eigenvalue weighted by molar-refractivity contribution is 7.89. The number of benzene rings is 2. The van der Waals surface area contributed by atoms with Crippen molar-refractivity contribution in [2.24, 2.45) is 5.41 Å². The summed E-state index contributed by atoms with van der Waals surface area (Å²) in [4.78, 5) is 27.0. The number of anilines is 1. The number of hydrogen-bond acceptors (Lipinski definition) is 4. The van der Waals surface area contributed by atoms with E-state index in [0.717, 1.165) is 36.4 Å². The lowest BCUT2D eigenvalue weighted by Crippen LogP contribution is -2.66. The van der Waals surface area contributed by atoms with Gasteiger partial charge in [-0.1, -0.05) is 31.5 Å². The number of allylic oxidation sites excluding steroid dienone is 1. The first-order valence-corrected chi connectivity index (χ1v) is 12.1. The minimum Gasteiger partial charge on any atom is -0.294 e. The zero-order chi connectivity index (χ0) is 26.0. The van der Waals surface area contributed by atoms with Crippen LogP contribution in [0.4, 0.5) is 23.2 Å². The fraction of sp³-hybridized carbons (Fsp3) is 0.333. The molecule has 0 saturated carbocycles. The van der Waals surface area contributed by atoms with Crippen LogP contribution in [0.15, 0.2) is 64.7 Å². The second kappa shape index (κ2) is 7.99. The molecule has 6 nitrogen and oxygen atoms in total. The first kappa shape index (κ1) is 25.1. The Balaban J connectivity index is 1.98. The molecule has 4 rings (SSSR count). The van der Waals surface area contributed by atoms with E-state index in [1.165, 1.54) is 12.1 Å².